The highest BCUT2D eigenvalue weighted by Crippen LogP contribution is 2.30. The molecule has 5 rings (SSSR count). The number of carbonyl (C=O) groups is 3. The summed E-state index contributed by atoms with van der Waals surface area (Å²) in [7, 11) is 0. The maximum absolute atomic E-state index is 13.8. The van der Waals surface area contributed by atoms with Crippen LogP contribution in [0.25, 0.3) is 0 Å². The molecule has 10 heteroatoms. The van der Waals surface area contributed by atoms with Gasteiger partial charge in [0.15, 0.2) is 0 Å². The third-order valence-corrected chi connectivity index (χ3v) is 7.02. The molecule has 0 atom stereocenters. The number of nitrogens with one attached hydrogen (secondary N) is 2. The van der Waals surface area contributed by atoms with Gasteiger partial charge in [0.25, 0.3) is 17.7 Å². The van der Waals surface area contributed by atoms with Gasteiger partial charge < -0.3 is 25.3 Å². The lowest BCUT2D eigenvalue weighted by atomic mass is 10.1. The van der Waals surface area contributed by atoms with Gasteiger partial charge in [0, 0.05) is 75.9 Å². The van der Waals surface area contributed by atoms with Crippen molar-refractivity contribution < 1.29 is 18.8 Å². The van der Waals surface area contributed by atoms with Crippen molar-refractivity contribution in [2.75, 3.05) is 62.6 Å². The molecule has 0 saturated carbocycles. The van der Waals surface area contributed by atoms with E-state index in [2.05, 4.69) is 20.5 Å². The Bertz CT molecular complexity index is 1350. The Morgan fingerprint density at radius 3 is 2.33 bits per heavy atom. The zero-order valence-electron chi connectivity index (χ0n) is 21.6. The van der Waals surface area contributed by atoms with E-state index in [9.17, 15) is 18.8 Å². The normalized spacial score (nSPS) is 16.0. The highest BCUT2D eigenvalue weighted by Gasteiger charge is 2.24. The van der Waals surface area contributed by atoms with Gasteiger partial charge in [-0.25, -0.2) is 4.39 Å². The average molecular weight is 531 g/mol. The van der Waals surface area contributed by atoms with Crippen molar-refractivity contribution in [1.82, 2.24) is 20.1 Å². The first-order valence-electron chi connectivity index (χ1n) is 13.1. The van der Waals surface area contributed by atoms with E-state index in [1.807, 2.05) is 11.0 Å². The Labute approximate surface area is 226 Å². The number of aromatic nitrogens is 1. The summed E-state index contributed by atoms with van der Waals surface area (Å²) in [5.41, 5.74) is 2.41. The molecular weight excluding hydrogens is 499 g/mol. The number of rotatable bonds is 5. The largest absolute Gasteiger partial charge is 0.368 e. The molecule has 3 aromatic rings. The highest BCUT2D eigenvalue weighted by molar-refractivity contribution is 6.07. The quantitative estimate of drug-likeness (QED) is 0.527. The predicted molar refractivity (Wildman–Crippen MR) is 147 cm³/mol. The van der Waals surface area contributed by atoms with Crippen LogP contribution in [0.15, 0.2) is 67.0 Å². The van der Waals surface area contributed by atoms with Gasteiger partial charge >= 0.3 is 0 Å². The molecule has 2 aliphatic heterocycles. The molecule has 2 N–H and O–H groups in total. The number of nitrogens with zero attached hydrogens (tertiary/aromatic N) is 4. The molecule has 2 saturated heterocycles. The zero-order valence-corrected chi connectivity index (χ0v) is 21.6. The van der Waals surface area contributed by atoms with Crippen LogP contribution in [0.5, 0.6) is 0 Å². The molecule has 0 aliphatic carbocycles. The van der Waals surface area contributed by atoms with E-state index in [0.717, 1.165) is 25.2 Å². The molecule has 2 aliphatic rings. The van der Waals surface area contributed by atoms with Crippen molar-refractivity contribution in [3.63, 3.8) is 0 Å². The minimum atomic E-state index is -0.503. The first-order valence-corrected chi connectivity index (χ1v) is 13.1. The second-order valence-corrected chi connectivity index (χ2v) is 9.61. The van der Waals surface area contributed by atoms with Gasteiger partial charge in [-0.1, -0.05) is 6.07 Å². The number of halogens is 1. The molecule has 2 fully saturated rings. The van der Waals surface area contributed by atoms with Gasteiger partial charge in [-0.2, -0.15) is 0 Å². The predicted octanol–water partition coefficient (Wildman–Crippen LogP) is 2.87. The first-order chi connectivity index (χ1) is 19.0. The van der Waals surface area contributed by atoms with E-state index < -0.39 is 11.7 Å². The molecule has 2 aromatic carbocycles. The van der Waals surface area contributed by atoms with Crippen LogP contribution in [0.1, 0.15) is 37.5 Å². The van der Waals surface area contributed by atoms with E-state index >= 15 is 0 Å². The monoisotopic (exact) mass is 530 g/mol. The van der Waals surface area contributed by atoms with Crippen molar-refractivity contribution in [3.8, 4) is 0 Å². The lowest BCUT2D eigenvalue weighted by molar-refractivity contribution is 0.0734. The molecular formula is C29H31FN6O3. The van der Waals surface area contributed by atoms with Crippen LogP contribution in [-0.2, 0) is 0 Å². The SMILES string of the molecule is O=C(Nc1cc(C(=O)N2CCNCC2)ccc1N1CCCN(C(=O)c2cccnc2)CC1)c1cccc(F)c1. The lowest BCUT2D eigenvalue weighted by Gasteiger charge is -2.29. The van der Waals surface area contributed by atoms with Crippen LogP contribution < -0.4 is 15.5 Å². The molecule has 3 heterocycles. The van der Waals surface area contributed by atoms with E-state index in [1.54, 1.807) is 47.6 Å². The molecule has 0 radical (unpaired) electrons. The Kier molecular flexibility index (Phi) is 8.12. The van der Waals surface area contributed by atoms with Crippen molar-refractivity contribution in [1.29, 1.82) is 0 Å². The summed E-state index contributed by atoms with van der Waals surface area (Å²) in [6.07, 6.45) is 3.93. The van der Waals surface area contributed by atoms with Gasteiger partial charge in [0.2, 0.25) is 0 Å². The number of hydrogen-bond acceptors (Lipinski definition) is 6. The third kappa shape index (κ3) is 6.23. The average Bonchev–Trinajstić information content (AvgIpc) is 3.23. The summed E-state index contributed by atoms with van der Waals surface area (Å²) < 4.78 is 13.8. The van der Waals surface area contributed by atoms with Crippen LogP contribution in [-0.4, -0.2) is 84.9 Å². The smallest absolute Gasteiger partial charge is 0.255 e. The highest BCUT2D eigenvalue weighted by atomic mass is 19.1. The van der Waals surface area contributed by atoms with Crippen LogP contribution in [0.4, 0.5) is 15.8 Å². The molecule has 9 nitrogen and oxygen atoms in total. The summed E-state index contributed by atoms with van der Waals surface area (Å²) in [6, 6.07) is 14.3. The fourth-order valence-electron chi connectivity index (χ4n) is 4.95. The van der Waals surface area contributed by atoms with E-state index in [4.69, 9.17) is 0 Å². The number of piperazine rings is 1. The molecule has 3 amide bonds. The topological polar surface area (TPSA) is 97.9 Å². The Hall–Kier alpha value is -4.31. The van der Waals surface area contributed by atoms with Crippen molar-refractivity contribution in [3.05, 3.63) is 89.5 Å². The molecule has 0 bridgehead atoms. The standard InChI is InChI=1S/C29H31FN6O3/c30-24-6-1-4-21(18-24)27(37)33-25-19-22(28(38)36-14-10-31-11-15-36)7-8-26(25)34-12-3-13-35(17-16-34)29(39)23-5-2-9-32-20-23/h1-2,4-9,18-20,31H,3,10-17H2,(H,33,37). The molecule has 1 aromatic heterocycles. The van der Waals surface area contributed by atoms with E-state index in [-0.39, 0.29) is 17.4 Å². The first kappa shape index (κ1) is 26.3. The van der Waals surface area contributed by atoms with E-state index in [0.29, 0.717) is 56.1 Å². The van der Waals surface area contributed by atoms with Crippen LogP contribution in [0.3, 0.4) is 0 Å². The van der Waals surface area contributed by atoms with Gasteiger partial charge in [-0.15, -0.1) is 0 Å². The van der Waals surface area contributed by atoms with Gasteiger partial charge in [0.1, 0.15) is 5.82 Å². The fraction of sp³-hybridized carbons (Fsp3) is 0.310. The van der Waals surface area contributed by atoms with Crippen molar-refractivity contribution >= 4 is 29.1 Å². The van der Waals surface area contributed by atoms with Crippen LogP contribution in [0.2, 0.25) is 0 Å². The van der Waals surface area contributed by atoms with Crippen LogP contribution >= 0.6 is 0 Å². The maximum Gasteiger partial charge on any atom is 0.255 e. The molecule has 0 unspecified atom stereocenters. The number of hydrogen-bond donors (Lipinski definition) is 2. The number of anilines is 2. The minimum Gasteiger partial charge on any atom is -0.368 e. The number of carbonyl (C=O) groups excluding carboxylic acids is 3. The molecule has 39 heavy (non-hydrogen) atoms. The summed E-state index contributed by atoms with van der Waals surface area (Å²) in [4.78, 5) is 49.1. The second-order valence-electron chi connectivity index (χ2n) is 9.61. The summed E-state index contributed by atoms with van der Waals surface area (Å²) in [6.45, 7) is 4.97. The van der Waals surface area contributed by atoms with Crippen molar-refractivity contribution in [2.45, 2.75) is 6.42 Å². The van der Waals surface area contributed by atoms with Gasteiger partial charge in [-0.05, 0) is 55.0 Å². The Balaban J connectivity index is 1.40. The lowest BCUT2D eigenvalue weighted by Crippen LogP contribution is -2.46. The summed E-state index contributed by atoms with van der Waals surface area (Å²) in [5.74, 6) is -1.14. The fourth-order valence-corrected chi connectivity index (χ4v) is 4.95. The Morgan fingerprint density at radius 2 is 1.56 bits per heavy atom. The summed E-state index contributed by atoms with van der Waals surface area (Å²) >= 11 is 0. The molecule has 0 spiro atoms. The molecule has 202 valence electrons. The van der Waals surface area contributed by atoms with E-state index in [1.165, 1.54) is 18.2 Å². The van der Waals surface area contributed by atoms with Gasteiger partial charge in [-0.3, -0.25) is 19.4 Å². The number of benzene rings is 2. The second kappa shape index (κ2) is 12.0. The maximum atomic E-state index is 13.8. The van der Waals surface area contributed by atoms with Crippen molar-refractivity contribution in [2.24, 2.45) is 0 Å². The number of amides is 3. The third-order valence-electron chi connectivity index (χ3n) is 7.02. The minimum absolute atomic E-state index is 0.0680. The zero-order chi connectivity index (χ0) is 27.2. The summed E-state index contributed by atoms with van der Waals surface area (Å²) in [5, 5.41) is 6.15. The van der Waals surface area contributed by atoms with Crippen LogP contribution in [0, 0.1) is 5.82 Å². The number of pyridine rings is 1. The Morgan fingerprint density at radius 1 is 0.795 bits per heavy atom. The van der Waals surface area contributed by atoms with Gasteiger partial charge in [0.05, 0.1) is 16.9 Å².